The minimum absolute atomic E-state index is 0.0285. The zero-order chi connectivity index (χ0) is 20.7. The van der Waals surface area contributed by atoms with Crippen LogP contribution in [0.5, 0.6) is 0 Å². The maximum Gasteiger partial charge on any atom is 0.232 e. The highest BCUT2D eigenvalue weighted by Crippen LogP contribution is 2.40. The Bertz CT molecular complexity index is 801. The number of benzene rings is 1. The molecule has 2 amide bonds. The van der Waals surface area contributed by atoms with Gasteiger partial charge in [-0.25, -0.2) is 13.2 Å². The molecular formula is C21H26F3N3O2. The molecule has 2 heterocycles. The third-order valence-electron chi connectivity index (χ3n) is 6.46. The summed E-state index contributed by atoms with van der Waals surface area (Å²) >= 11 is 0. The smallest absolute Gasteiger partial charge is 0.232 e. The fourth-order valence-corrected chi connectivity index (χ4v) is 4.85. The average molecular weight is 409 g/mol. The van der Waals surface area contributed by atoms with Crippen LogP contribution in [0.2, 0.25) is 0 Å². The molecule has 5 nitrogen and oxygen atoms in total. The van der Waals surface area contributed by atoms with E-state index in [-0.39, 0.29) is 54.3 Å². The van der Waals surface area contributed by atoms with Gasteiger partial charge in [0.1, 0.15) is 12.2 Å². The molecule has 2 saturated heterocycles. The van der Waals surface area contributed by atoms with Crippen molar-refractivity contribution >= 4 is 11.8 Å². The number of nitrogens with zero attached hydrogens (tertiary/aromatic N) is 1. The molecule has 2 aliphatic heterocycles. The van der Waals surface area contributed by atoms with Crippen molar-refractivity contribution in [3.63, 3.8) is 0 Å². The third-order valence-corrected chi connectivity index (χ3v) is 6.46. The van der Waals surface area contributed by atoms with E-state index in [0.29, 0.717) is 18.9 Å². The monoisotopic (exact) mass is 409 g/mol. The fraction of sp³-hybridized carbons (Fsp3) is 0.619. The van der Waals surface area contributed by atoms with E-state index in [2.05, 4.69) is 5.32 Å². The molecule has 4 rings (SSSR count). The van der Waals surface area contributed by atoms with Gasteiger partial charge in [-0.15, -0.1) is 0 Å². The van der Waals surface area contributed by atoms with Gasteiger partial charge in [-0.1, -0.05) is 0 Å². The minimum atomic E-state index is -1.21. The van der Waals surface area contributed by atoms with Crippen LogP contribution in [0.4, 0.5) is 13.2 Å². The number of nitrogens with one attached hydrogen (secondary N) is 1. The molecule has 0 radical (unpaired) electrons. The standard InChI is InChI=1S/C21H26F3N3O2/c22-16-9-18(24)17(23)7-11(16)8-19(25)12-5-14-3-4-15(6-12)27(14)21(29)10-20(28)26-13-1-2-13/h7,9,12-15,19H,1-6,8,10,25H2,(H,26,28)/t12-,14-,15+,19-/m1/s1. The third kappa shape index (κ3) is 4.42. The number of piperidine rings is 1. The molecule has 1 aliphatic carbocycles. The van der Waals surface area contributed by atoms with Crippen molar-refractivity contribution in [3.05, 3.63) is 35.1 Å². The van der Waals surface area contributed by atoms with E-state index in [0.717, 1.165) is 31.7 Å². The second kappa shape index (κ2) is 7.97. The maximum absolute atomic E-state index is 14.0. The molecule has 3 N–H and O–H groups in total. The van der Waals surface area contributed by atoms with E-state index in [1.807, 2.05) is 4.90 Å². The quantitative estimate of drug-likeness (QED) is 0.560. The summed E-state index contributed by atoms with van der Waals surface area (Å²) in [6.07, 6.45) is 5.04. The van der Waals surface area contributed by atoms with Gasteiger partial charge in [-0.2, -0.15) is 0 Å². The Balaban J connectivity index is 1.36. The van der Waals surface area contributed by atoms with Crippen molar-refractivity contribution < 1.29 is 22.8 Å². The summed E-state index contributed by atoms with van der Waals surface area (Å²) in [7, 11) is 0. The lowest BCUT2D eigenvalue weighted by Gasteiger charge is -2.41. The molecule has 4 atom stereocenters. The number of amides is 2. The number of hydrogen-bond donors (Lipinski definition) is 2. The first kappa shape index (κ1) is 20.2. The number of halogens is 3. The molecule has 0 aromatic heterocycles. The van der Waals surface area contributed by atoms with Crippen molar-refractivity contribution in [2.45, 2.75) is 75.5 Å². The lowest BCUT2D eigenvalue weighted by molar-refractivity contribution is -0.140. The van der Waals surface area contributed by atoms with Crippen LogP contribution < -0.4 is 11.1 Å². The van der Waals surface area contributed by atoms with Gasteiger partial charge in [0.25, 0.3) is 0 Å². The largest absolute Gasteiger partial charge is 0.353 e. The lowest BCUT2D eigenvalue weighted by atomic mass is 9.82. The molecule has 2 bridgehead atoms. The van der Waals surface area contributed by atoms with Crippen molar-refractivity contribution in [2.24, 2.45) is 11.7 Å². The van der Waals surface area contributed by atoms with Crippen LogP contribution in [-0.2, 0) is 16.0 Å². The number of carbonyl (C=O) groups is 2. The summed E-state index contributed by atoms with van der Waals surface area (Å²) in [5.41, 5.74) is 6.37. The topological polar surface area (TPSA) is 75.4 Å². The van der Waals surface area contributed by atoms with Crippen LogP contribution in [0.25, 0.3) is 0 Å². The Morgan fingerprint density at radius 3 is 2.28 bits per heavy atom. The number of rotatable bonds is 6. The SMILES string of the molecule is N[C@H](Cc1cc(F)c(F)cc1F)[C@@H]1C[C@H]2CC[C@@H](C1)N2C(=O)CC(=O)NC1CC1. The lowest BCUT2D eigenvalue weighted by Crippen LogP contribution is -2.51. The van der Waals surface area contributed by atoms with E-state index in [1.54, 1.807) is 0 Å². The Morgan fingerprint density at radius 2 is 1.66 bits per heavy atom. The fourth-order valence-electron chi connectivity index (χ4n) is 4.85. The Morgan fingerprint density at radius 1 is 1.03 bits per heavy atom. The van der Waals surface area contributed by atoms with Gasteiger partial charge in [0.15, 0.2) is 11.6 Å². The number of fused-ring (bicyclic) bond motifs is 2. The first-order valence-electron chi connectivity index (χ1n) is 10.3. The van der Waals surface area contributed by atoms with Gasteiger partial charge >= 0.3 is 0 Å². The summed E-state index contributed by atoms with van der Waals surface area (Å²) in [5, 5.41) is 2.84. The molecule has 0 unspecified atom stereocenters. The molecule has 3 aliphatic rings. The summed E-state index contributed by atoms with van der Waals surface area (Å²) in [4.78, 5) is 26.5. The van der Waals surface area contributed by atoms with Gasteiger partial charge in [-0.05, 0) is 62.5 Å². The molecule has 1 saturated carbocycles. The maximum atomic E-state index is 14.0. The van der Waals surface area contributed by atoms with E-state index in [1.165, 1.54) is 0 Å². The summed E-state index contributed by atoms with van der Waals surface area (Å²) in [6.45, 7) is 0. The molecule has 3 fully saturated rings. The van der Waals surface area contributed by atoms with Gasteiger partial charge in [0.2, 0.25) is 11.8 Å². The second-order valence-electron chi connectivity index (χ2n) is 8.66. The van der Waals surface area contributed by atoms with Gasteiger partial charge in [0.05, 0.1) is 0 Å². The molecule has 29 heavy (non-hydrogen) atoms. The van der Waals surface area contributed by atoms with Crippen LogP contribution in [0.1, 0.15) is 50.5 Å². The molecular weight excluding hydrogens is 383 g/mol. The highest BCUT2D eigenvalue weighted by atomic mass is 19.2. The molecule has 8 heteroatoms. The number of carbonyl (C=O) groups excluding carboxylic acids is 2. The first-order chi connectivity index (χ1) is 13.8. The highest BCUT2D eigenvalue weighted by molar-refractivity contribution is 5.97. The van der Waals surface area contributed by atoms with E-state index < -0.39 is 23.5 Å². The van der Waals surface area contributed by atoms with Crippen molar-refractivity contribution in [1.82, 2.24) is 10.2 Å². The average Bonchev–Trinajstić information content (AvgIpc) is 3.42. The zero-order valence-corrected chi connectivity index (χ0v) is 16.2. The molecule has 1 aromatic rings. The second-order valence-corrected chi connectivity index (χ2v) is 8.66. The van der Waals surface area contributed by atoms with Crippen LogP contribution in [0.3, 0.4) is 0 Å². The Hall–Kier alpha value is -2.09. The summed E-state index contributed by atoms with van der Waals surface area (Å²) in [5.74, 6) is -3.39. The Labute approximate surface area is 167 Å². The van der Waals surface area contributed by atoms with Crippen molar-refractivity contribution in [3.8, 4) is 0 Å². The van der Waals surface area contributed by atoms with E-state index in [4.69, 9.17) is 5.73 Å². The predicted molar refractivity (Wildman–Crippen MR) is 100 cm³/mol. The van der Waals surface area contributed by atoms with E-state index in [9.17, 15) is 22.8 Å². The van der Waals surface area contributed by atoms with Gasteiger partial charge in [0, 0.05) is 30.2 Å². The van der Waals surface area contributed by atoms with Crippen LogP contribution in [0, 0.1) is 23.4 Å². The summed E-state index contributed by atoms with van der Waals surface area (Å²) in [6, 6.07) is 1.30. The number of nitrogens with two attached hydrogens (primary N) is 1. The van der Waals surface area contributed by atoms with Gasteiger partial charge < -0.3 is 16.0 Å². The molecule has 0 spiro atoms. The number of hydrogen-bond acceptors (Lipinski definition) is 3. The Kier molecular flexibility index (Phi) is 5.55. The predicted octanol–water partition coefficient (Wildman–Crippen LogP) is 2.41. The summed E-state index contributed by atoms with van der Waals surface area (Å²) < 4.78 is 40.5. The molecule has 158 valence electrons. The van der Waals surface area contributed by atoms with Crippen molar-refractivity contribution in [1.29, 1.82) is 0 Å². The van der Waals surface area contributed by atoms with Gasteiger partial charge in [-0.3, -0.25) is 9.59 Å². The first-order valence-corrected chi connectivity index (χ1v) is 10.3. The van der Waals surface area contributed by atoms with Crippen LogP contribution in [-0.4, -0.2) is 40.9 Å². The molecule has 1 aromatic carbocycles. The van der Waals surface area contributed by atoms with Crippen molar-refractivity contribution in [2.75, 3.05) is 0 Å². The highest BCUT2D eigenvalue weighted by Gasteiger charge is 2.44. The van der Waals surface area contributed by atoms with Crippen LogP contribution in [0.15, 0.2) is 12.1 Å². The van der Waals surface area contributed by atoms with E-state index >= 15 is 0 Å². The normalized spacial score (nSPS) is 27.0. The minimum Gasteiger partial charge on any atom is -0.353 e. The zero-order valence-electron chi connectivity index (χ0n) is 16.2. The van der Waals surface area contributed by atoms with Crippen LogP contribution >= 0.6 is 0 Å².